The maximum atomic E-state index is 16.9. The molecule has 4 aliphatic heterocycles. The molecule has 13 nitrogen and oxygen atoms in total. The number of likely N-dealkylation sites (tertiary alicyclic amines) is 2. The quantitative estimate of drug-likeness (QED) is 0.103. The van der Waals surface area contributed by atoms with Gasteiger partial charge >= 0.3 is 6.09 Å². The van der Waals surface area contributed by atoms with Crippen LogP contribution < -0.4 is 15.1 Å². The highest BCUT2D eigenvalue weighted by Crippen LogP contribution is 2.50. The van der Waals surface area contributed by atoms with E-state index in [1.807, 2.05) is 27.7 Å². The number of benzene rings is 3. The van der Waals surface area contributed by atoms with Crippen LogP contribution in [0.1, 0.15) is 142 Å². The van der Waals surface area contributed by atoms with Crippen molar-refractivity contribution in [2.75, 3.05) is 43.1 Å². The average molecular weight is 1010 g/mol. The zero-order valence-electron chi connectivity index (χ0n) is 41.5. The van der Waals surface area contributed by atoms with Gasteiger partial charge in [-0.25, -0.2) is 32.3 Å². The van der Waals surface area contributed by atoms with Crippen molar-refractivity contribution in [3.05, 3.63) is 111 Å². The molecule has 10 rings (SSSR count). The van der Waals surface area contributed by atoms with Crippen LogP contribution >= 0.6 is 11.3 Å². The first-order valence-corrected chi connectivity index (χ1v) is 26.2. The van der Waals surface area contributed by atoms with E-state index in [0.29, 0.717) is 97.9 Å². The van der Waals surface area contributed by atoms with E-state index < -0.39 is 53.5 Å². The van der Waals surface area contributed by atoms with Gasteiger partial charge in [0.15, 0.2) is 11.6 Å². The lowest BCUT2D eigenvalue weighted by atomic mass is 9.94. The summed E-state index contributed by atoms with van der Waals surface area (Å²) in [7, 11) is 1.24. The Kier molecular flexibility index (Phi) is 13.7. The number of carbonyl (C=O) groups is 3. The highest BCUT2D eigenvalue weighted by molar-refractivity contribution is 7.12. The second kappa shape index (κ2) is 20.0. The number of amides is 3. The summed E-state index contributed by atoms with van der Waals surface area (Å²) in [5.41, 5.74) is 2.22. The first-order chi connectivity index (χ1) is 34.6. The monoisotopic (exact) mass is 1010 g/mol. The van der Waals surface area contributed by atoms with Crippen molar-refractivity contribution in [3.63, 3.8) is 0 Å². The van der Waals surface area contributed by atoms with Gasteiger partial charge in [-0.2, -0.15) is 0 Å². The van der Waals surface area contributed by atoms with Crippen LogP contribution in [0.5, 0.6) is 0 Å². The van der Waals surface area contributed by atoms with Gasteiger partial charge in [-0.3, -0.25) is 9.59 Å². The molecule has 7 heterocycles. The molecule has 3 amide bonds. The molecule has 72 heavy (non-hydrogen) atoms. The standard InChI is InChI=1S/C54H62F4N9O4S/c1-28(2)21-48(68)65-17-7-9-45(65)51-59-39-24-33(35(55)26-41(39)61-51)43-12-13-44(67(43)32-22-37(57)50(38(58)23-32)64-19-15-31(16-20-64)47-14-11-30(5)72-47)34-25-40-42(27-36(34)56)62-52(60-40)46-10-8-18-66(46)53(69)49(29(3)4)63-54(70)71-6/h11,14,21-29,31,43-46,49H,7-10,12-13,15-20H2,1-6H3,(H,59,61)(H,60,62)(H,63,70)/t43-,44-,45+,46+,49+/m1/s1. The predicted octanol–water partition coefficient (Wildman–Crippen LogP) is 11.4. The van der Waals surface area contributed by atoms with E-state index in [-0.39, 0.29) is 52.2 Å². The minimum absolute atomic E-state index is 0.0649. The third-order valence-corrected chi connectivity index (χ3v) is 16.3. The largest absolute Gasteiger partial charge is 0.453 e. The van der Waals surface area contributed by atoms with Crippen molar-refractivity contribution < 1.29 is 36.7 Å². The molecule has 6 aromatic rings. The molecular weight excluding hydrogens is 947 g/mol. The minimum atomic E-state index is -0.841. The van der Waals surface area contributed by atoms with Crippen molar-refractivity contribution in [1.82, 2.24) is 35.1 Å². The fourth-order valence-corrected chi connectivity index (χ4v) is 12.7. The molecule has 1 radical (unpaired) electrons. The summed E-state index contributed by atoms with van der Waals surface area (Å²) in [4.78, 5) is 65.2. The van der Waals surface area contributed by atoms with E-state index in [1.54, 1.807) is 49.5 Å². The lowest BCUT2D eigenvalue weighted by Crippen LogP contribution is -2.51. The van der Waals surface area contributed by atoms with Crippen LogP contribution in [0.25, 0.3) is 22.1 Å². The van der Waals surface area contributed by atoms with Gasteiger partial charge in [-0.1, -0.05) is 27.7 Å². The number of anilines is 2. The van der Waals surface area contributed by atoms with Gasteiger partial charge in [0.1, 0.15) is 35.0 Å². The molecule has 381 valence electrons. The van der Waals surface area contributed by atoms with Crippen molar-refractivity contribution >= 4 is 62.7 Å². The molecule has 0 spiro atoms. The number of rotatable bonds is 12. The van der Waals surface area contributed by atoms with E-state index >= 15 is 17.6 Å². The summed E-state index contributed by atoms with van der Waals surface area (Å²) < 4.78 is 72.0. The van der Waals surface area contributed by atoms with Gasteiger partial charge in [0.05, 0.1) is 59.8 Å². The van der Waals surface area contributed by atoms with Crippen molar-refractivity contribution in [2.24, 2.45) is 11.8 Å². The van der Waals surface area contributed by atoms with Gasteiger partial charge in [0.2, 0.25) is 11.8 Å². The number of H-pyrrole nitrogens is 2. The Morgan fingerprint density at radius 3 is 1.79 bits per heavy atom. The Labute approximate surface area is 420 Å². The van der Waals surface area contributed by atoms with Gasteiger partial charge in [-0.05, 0) is 125 Å². The Morgan fingerprint density at radius 2 is 1.28 bits per heavy atom. The fourth-order valence-electron chi connectivity index (χ4n) is 11.7. The summed E-state index contributed by atoms with van der Waals surface area (Å²) in [6.45, 7) is 11.6. The van der Waals surface area contributed by atoms with Crippen molar-refractivity contribution in [2.45, 2.75) is 122 Å². The number of alkyl carbamates (subject to hydrolysis) is 1. The normalized spacial score (nSPS) is 21.3. The van der Waals surface area contributed by atoms with E-state index in [2.05, 4.69) is 34.3 Å². The number of hydrogen-bond acceptors (Lipinski definition) is 9. The van der Waals surface area contributed by atoms with Crippen LogP contribution in [0, 0.1) is 48.4 Å². The summed E-state index contributed by atoms with van der Waals surface area (Å²) in [5, 5.41) is 2.66. The van der Waals surface area contributed by atoms with Gasteiger partial charge in [-0.15, -0.1) is 11.3 Å². The number of aromatic nitrogens is 4. The maximum absolute atomic E-state index is 16.9. The third kappa shape index (κ3) is 9.39. The number of fused-ring (bicyclic) bond motifs is 2. The lowest BCUT2D eigenvalue weighted by Gasteiger charge is -2.36. The highest BCUT2D eigenvalue weighted by Gasteiger charge is 2.42. The SMILES string of the molecule is COC(=O)N[C@H](C(=O)N1CCC[C@H]1c1nc2cc([C@H]3CC[C@H](c4cc5nc([C@@H]6CCCN6C(=O)[CH]C(C)C)[nH]c5cc4F)N3c3cc(F)c(N4CCC(c5ccc(C)s5)CC4)c(F)c3)c(F)cc2[nH]1)C(C)C. The number of piperidine rings is 1. The zero-order valence-corrected chi connectivity index (χ0v) is 42.4. The second-order valence-electron chi connectivity index (χ2n) is 20.7. The minimum Gasteiger partial charge on any atom is -0.453 e. The number of nitrogens with one attached hydrogen (secondary N) is 3. The number of methoxy groups -OCH3 is 1. The molecule has 3 aromatic heterocycles. The van der Waals surface area contributed by atoms with E-state index in [1.165, 1.54) is 41.1 Å². The lowest BCUT2D eigenvalue weighted by molar-refractivity contribution is -0.135. The van der Waals surface area contributed by atoms with Crippen LogP contribution in [0.4, 0.5) is 33.7 Å². The third-order valence-electron chi connectivity index (χ3n) is 15.2. The van der Waals surface area contributed by atoms with Crippen LogP contribution in [-0.4, -0.2) is 87.0 Å². The van der Waals surface area contributed by atoms with Gasteiger partial charge in [0.25, 0.3) is 0 Å². The second-order valence-corrected chi connectivity index (χ2v) is 22.0. The number of imidazole rings is 2. The molecule has 3 aromatic carbocycles. The van der Waals surface area contributed by atoms with Crippen LogP contribution in [0.3, 0.4) is 0 Å². The fraction of sp³-hybridized carbons (Fsp3) is 0.481. The Morgan fingerprint density at radius 1 is 0.722 bits per heavy atom. The van der Waals surface area contributed by atoms with Gasteiger partial charge in [0, 0.05) is 52.7 Å². The molecule has 0 unspecified atom stereocenters. The number of aromatic amines is 2. The molecule has 3 N–H and O–H groups in total. The number of thiophene rings is 1. The van der Waals surface area contributed by atoms with Gasteiger partial charge < -0.3 is 39.6 Å². The molecule has 0 bridgehead atoms. The summed E-state index contributed by atoms with van der Waals surface area (Å²) in [6, 6.07) is 9.59. The van der Waals surface area contributed by atoms with E-state index in [4.69, 9.17) is 14.7 Å². The highest BCUT2D eigenvalue weighted by atomic mass is 32.1. The number of aryl methyl sites for hydroxylation is 1. The Balaban J connectivity index is 0.998. The number of carbonyl (C=O) groups excluding carboxylic acids is 3. The van der Waals surface area contributed by atoms with Crippen LogP contribution in [0.2, 0.25) is 0 Å². The van der Waals surface area contributed by atoms with E-state index in [0.717, 1.165) is 19.3 Å². The average Bonchev–Trinajstić information content (AvgIpc) is 4.21. The number of halogens is 4. The Hall–Kier alpha value is -6.17. The van der Waals surface area contributed by atoms with Crippen LogP contribution in [0.15, 0.2) is 48.5 Å². The number of ether oxygens (including phenoxy) is 1. The zero-order chi connectivity index (χ0) is 50.7. The number of nitrogens with zero attached hydrogens (tertiary/aromatic N) is 6. The first kappa shape index (κ1) is 49.4. The molecule has 5 atom stereocenters. The molecule has 18 heteroatoms. The van der Waals surface area contributed by atoms with Crippen LogP contribution in [-0.2, 0) is 14.3 Å². The summed E-state index contributed by atoms with van der Waals surface area (Å²) >= 11 is 1.75. The predicted molar refractivity (Wildman–Crippen MR) is 270 cm³/mol. The molecule has 0 saturated carbocycles. The first-order valence-electron chi connectivity index (χ1n) is 25.3. The maximum Gasteiger partial charge on any atom is 0.407 e. The molecule has 4 saturated heterocycles. The summed E-state index contributed by atoms with van der Waals surface area (Å²) in [5.74, 6) is -1.89. The molecule has 4 fully saturated rings. The smallest absolute Gasteiger partial charge is 0.407 e. The van der Waals surface area contributed by atoms with Crippen molar-refractivity contribution in [3.8, 4) is 0 Å². The van der Waals surface area contributed by atoms with E-state index in [9.17, 15) is 14.4 Å². The topological polar surface area (TPSA) is 143 Å². The molecular formula is C54H62F4N9O4S. The number of hydrogen-bond donors (Lipinski definition) is 3. The summed E-state index contributed by atoms with van der Waals surface area (Å²) in [6.07, 6.45) is 5.84. The molecule has 0 aliphatic carbocycles. The Bertz CT molecular complexity index is 2990. The molecule has 4 aliphatic rings. The van der Waals surface area contributed by atoms with Crippen molar-refractivity contribution in [1.29, 1.82) is 0 Å².